The fraction of sp³-hybridized carbons (Fsp3) is 0.176. The molecule has 0 bridgehead atoms. The van der Waals surface area contributed by atoms with Crippen molar-refractivity contribution in [2.45, 2.75) is 6.92 Å². The number of hydrogen-bond acceptors (Lipinski definition) is 3. The first kappa shape index (κ1) is 18.1. The molecule has 7 heteroatoms. The molecule has 2 rings (SSSR count). The summed E-state index contributed by atoms with van der Waals surface area (Å²) >= 11 is 0. The van der Waals surface area contributed by atoms with Gasteiger partial charge in [0.25, 0.3) is 5.91 Å². The van der Waals surface area contributed by atoms with Crippen LogP contribution in [0.15, 0.2) is 59.6 Å². The molecule has 0 aliphatic rings. The molecule has 0 aliphatic carbocycles. The van der Waals surface area contributed by atoms with Crippen LogP contribution in [0.2, 0.25) is 0 Å². The van der Waals surface area contributed by atoms with Crippen LogP contribution in [0.3, 0.4) is 0 Å². The molecule has 6 nitrogen and oxygen atoms in total. The van der Waals surface area contributed by atoms with Crippen LogP contribution in [0, 0.1) is 6.92 Å². The minimum absolute atomic E-state index is 0.247. The Bertz CT molecular complexity index is 760. The standard InChI is InChI=1S/C17H19N2O4P/c1-14-8-10-15(11-9-14)17(20)18-12-13-23-24(21,22)19(2)16-6-4-3-5-7-16/h3-12H,13H2,1-2H3,(H,21,22)/b18-12+. The second kappa shape index (κ2) is 8.02. The Kier molecular flexibility index (Phi) is 6.04. The van der Waals surface area contributed by atoms with E-state index in [0.29, 0.717) is 11.3 Å². The van der Waals surface area contributed by atoms with Gasteiger partial charge in [0.15, 0.2) is 0 Å². The fourth-order valence-corrected chi connectivity index (χ4v) is 2.76. The number of benzene rings is 2. The summed E-state index contributed by atoms with van der Waals surface area (Å²) in [5.41, 5.74) is 2.05. The first-order chi connectivity index (χ1) is 11.4. The molecule has 0 saturated heterocycles. The van der Waals surface area contributed by atoms with Crippen LogP contribution >= 0.6 is 7.75 Å². The van der Waals surface area contributed by atoms with Crippen molar-refractivity contribution in [3.8, 4) is 0 Å². The molecule has 1 unspecified atom stereocenters. The van der Waals surface area contributed by atoms with Gasteiger partial charge in [-0.3, -0.25) is 14.0 Å². The van der Waals surface area contributed by atoms with Crippen LogP contribution in [0.4, 0.5) is 5.69 Å². The van der Waals surface area contributed by atoms with Crippen molar-refractivity contribution < 1.29 is 18.8 Å². The van der Waals surface area contributed by atoms with Crippen molar-refractivity contribution in [3.05, 3.63) is 65.7 Å². The highest BCUT2D eigenvalue weighted by Gasteiger charge is 2.26. The van der Waals surface area contributed by atoms with E-state index < -0.39 is 13.7 Å². The maximum absolute atomic E-state index is 12.2. The van der Waals surface area contributed by atoms with Gasteiger partial charge in [-0.15, -0.1) is 0 Å². The number of aliphatic imine (C=N–C) groups is 1. The lowest BCUT2D eigenvalue weighted by Crippen LogP contribution is -2.15. The maximum atomic E-state index is 12.2. The zero-order valence-corrected chi connectivity index (χ0v) is 14.4. The van der Waals surface area contributed by atoms with E-state index in [1.807, 2.05) is 25.1 Å². The first-order valence-corrected chi connectivity index (χ1v) is 8.83. The lowest BCUT2D eigenvalue weighted by molar-refractivity contribution is 0.100. The molecule has 0 spiro atoms. The van der Waals surface area contributed by atoms with Crippen molar-refractivity contribution in [1.29, 1.82) is 0 Å². The Morgan fingerprint density at radius 2 is 1.83 bits per heavy atom. The van der Waals surface area contributed by atoms with Crippen LogP contribution in [0.1, 0.15) is 15.9 Å². The number of anilines is 1. The highest BCUT2D eigenvalue weighted by molar-refractivity contribution is 7.54. The summed E-state index contributed by atoms with van der Waals surface area (Å²) in [5, 5.41) is 0. The van der Waals surface area contributed by atoms with E-state index in [-0.39, 0.29) is 6.61 Å². The third-order valence-electron chi connectivity index (χ3n) is 3.33. The van der Waals surface area contributed by atoms with Crippen LogP contribution < -0.4 is 4.67 Å². The number of hydrogen-bond donors (Lipinski definition) is 1. The lowest BCUT2D eigenvalue weighted by Gasteiger charge is -2.23. The number of carbonyl (C=O) groups excluding carboxylic acids is 1. The molecule has 0 heterocycles. The molecule has 0 saturated carbocycles. The minimum atomic E-state index is -4.01. The topological polar surface area (TPSA) is 79.2 Å². The second-order valence-electron chi connectivity index (χ2n) is 5.13. The van der Waals surface area contributed by atoms with E-state index in [0.717, 1.165) is 10.2 Å². The Labute approximate surface area is 141 Å². The second-order valence-corrected chi connectivity index (χ2v) is 6.97. The Hall–Kier alpha value is -2.27. The van der Waals surface area contributed by atoms with Crippen LogP contribution in [0.5, 0.6) is 0 Å². The molecule has 1 atom stereocenters. The highest BCUT2D eigenvalue weighted by atomic mass is 31.2. The Morgan fingerprint density at radius 3 is 2.46 bits per heavy atom. The van der Waals surface area contributed by atoms with E-state index >= 15 is 0 Å². The summed E-state index contributed by atoms with van der Waals surface area (Å²) < 4.78 is 18.3. The number of aryl methyl sites for hydroxylation is 1. The van der Waals surface area contributed by atoms with Gasteiger partial charge in [0.2, 0.25) is 0 Å². The van der Waals surface area contributed by atoms with Crippen molar-refractivity contribution in [3.63, 3.8) is 0 Å². The predicted octanol–water partition coefficient (Wildman–Crippen LogP) is 3.46. The average molecular weight is 346 g/mol. The van der Waals surface area contributed by atoms with Gasteiger partial charge < -0.3 is 4.89 Å². The molecule has 0 aliphatic heterocycles. The summed E-state index contributed by atoms with van der Waals surface area (Å²) in [4.78, 5) is 25.5. The summed E-state index contributed by atoms with van der Waals surface area (Å²) in [6, 6.07) is 15.7. The molecular weight excluding hydrogens is 327 g/mol. The zero-order valence-electron chi connectivity index (χ0n) is 13.5. The maximum Gasteiger partial charge on any atom is 0.432 e. The highest BCUT2D eigenvalue weighted by Crippen LogP contribution is 2.47. The Morgan fingerprint density at radius 1 is 1.21 bits per heavy atom. The van der Waals surface area contributed by atoms with E-state index in [1.165, 1.54) is 13.3 Å². The van der Waals surface area contributed by atoms with Gasteiger partial charge in [-0.25, -0.2) is 9.56 Å². The summed E-state index contributed by atoms with van der Waals surface area (Å²) in [6.45, 7) is 1.68. The Balaban J connectivity index is 1.91. The van der Waals surface area contributed by atoms with E-state index in [2.05, 4.69) is 4.99 Å². The molecular formula is C17H19N2O4P. The number of amides is 1. The number of rotatable bonds is 6. The summed E-state index contributed by atoms with van der Waals surface area (Å²) in [7, 11) is -2.55. The van der Waals surface area contributed by atoms with Gasteiger partial charge in [0.1, 0.15) is 0 Å². The van der Waals surface area contributed by atoms with Crippen LogP contribution in [-0.2, 0) is 9.09 Å². The quantitative estimate of drug-likeness (QED) is 0.640. The van der Waals surface area contributed by atoms with Gasteiger partial charge in [0, 0.05) is 24.5 Å². The summed E-state index contributed by atoms with van der Waals surface area (Å²) in [6.07, 6.45) is 1.18. The molecule has 126 valence electrons. The fourth-order valence-electron chi connectivity index (χ4n) is 1.90. The smallest absolute Gasteiger partial charge is 0.308 e. The third kappa shape index (κ3) is 4.86. The van der Waals surface area contributed by atoms with Crippen molar-refractivity contribution in [2.75, 3.05) is 18.3 Å². The zero-order chi connectivity index (χ0) is 17.6. The molecule has 24 heavy (non-hydrogen) atoms. The largest absolute Gasteiger partial charge is 0.432 e. The molecule has 1 N–H and O–H groups in total. The van der Waals surface area contributed by atoms with Gasteiger partial charge in [0.05, 0.1) is 6.61 Å². The van der Waals surface area contributed by atoms with Gasteiger partial charge in [-0.2, -0.15) is 0 Å². The normalized spacial score (nSPS) is 13.6. The average Bonchev–Trinajstić information content (AvgIpc) is 2.59. The van der Waals surface area contributed by atoms with Gasteiger partial charge in [-0.1, -0.05) is 35.9 Å². The predicted molar refractivity (Wildman–Crippen MR) is 94.6 cm³/mol. The SMILES string of the molecule is Cc1ccc(C(=O)/N=C/COP(=O)(O)N(C)c2ccccc2)cc1. The van der Waals surface area contributed by atoms with Crippen molar-refractivity contribution in [1.82, 2.24) is 0 Å². The number of para-hydroxylation sites is 1. The van der Waals surface area contributed by atoms with E-state index in [4.69, 9.17) is 4.52 Å². The van der Waals surface area contributed by atoms with Gasteiger partial charge >= 0.3 is 7.75 Å². The van der Waals surface area contributed by atoms with Crippen molar-refractivity contribution >= 4 is 25.6 Å². The minimum Gasteiger partial charge on any atom is -0.308 e. The number of carbonyl (C=O) groups is 1. The van der Waals surface area contributed by atoms with Crippen LogP contribution in [-0.4, -0.2) is 30.7 Å². The first-order valence-electron chi connectivity index (χ1n) is 7.30. The van der Waals surface area contributed by atoms with E-state index in [9.17, 15) is 14.3 Å². The van der Waals surface area contributed by atoms with E-state index in [1.54, 1.807) is 36.4 Å². The molecule has 1 amide bonds. The molecule has 0 aromatic heterocycles. The molecule has 2 aromatic rings. The van der Waals surface area contributed by atoms with Crippen LogP contribution in [0.25, 0.3) is 0 Å². The molecule has 2 aromatic carbocycles. The van der Waals surface area contributed by atoms with Gasteiger partial charge in [-0.05, 0) is 31.2 Å². The monoisotopic (exact) mass is 346 g/mol. The summed E-state index contributed by atoms with van der Waals surface area (Å²) in [5.74, 6) is -0.428. The molecule has 0 fully saturated rings. The lowest BCUT2D eigenvalue weighted by atomic mass is 10.1. The number of nitrogens with zero attached hydrogens (tertiary/aromatic N) is 2. The third-order valence-corrected chi connectivity index (χ3v) is 4.81. The molecule has 0 radical (unpaired) electrons. The van der Waals surface area contributed by atoms with Crippen molar-refractivity contribution in [2.24, 2.45) is 4.99 Å².